The molecule has 0 unspecified atom stereocenters. The van der Waals surface area contributed by atoms with Crippen molar-refractivity contribution in [2.24, 2.45) is 0 Å². The largest absolute Gasteiger partial charge is 0.493 e. The van der Waals surface area contributed by atoms with E-state index >= 15 is 0 Å². The minimum absolute atomic E-state index is 0.226. The second kappa shape index (κ2) is 8.51. The number of methoxy groups -OCH3 is 2. The Morgan fingerprint density at radius 1 is 1.14 bits per heavy atom. The number of benzene rings is 2. The van der Waals surface area contributed by atoms with Crippen LogP contribution in [0.5, 0.6) is 11.5 Å². The number of hydrogen-bond donors (Lipinski definition) is 2. The molecule has 146 valence electrons. The molecule has 3 rings (SSSR count). The summed E-state index contributed by atoms with van der Waals surface area (Å²) >= 11 is 0. The van der Waals surface area contributed by atoms with Crippen LogP contribution in [-0.2, 0) is 11.2 Å². The molecule has 1 heterocycles. The number of aromatic nitrogens is 4. The number of nitrogens with zero attached hydrogens (tertiary/aromatic N) is 3. The number of carbonyl (C=O) groups is 1. The number of para-hydroxylation sites is 1. The average molecular weight is 381 g/mol. The molecule has 8 nitrogen and oxygen atoms in total. The van der Waals surface area contributed by atoms with Gasteiger partial charge in [-0.05, 0) is 55.2 Å². The number of aryl methyl sites for hydroxylation is 2. The highest BCUT2D eigenvalue weighted by atomic mass is 16.5. The number of nitrogens with one attached hydrogen (secondary N) is 2. The number of ether oxygens (including phenoxy) is 2. The van der Waals surface area contributed by atoms with Gasteiger partial charge in [0.25, 0.3) is 0 Å². The molecule has 0 saturated carbocycles. The molecule has 1 aromatic heterocycles. The summed E-state index contributed by atoms with van der Waals surface area (Å²) in [7, 11) is 3.14. The van der Waals surface area contributed by atoms with E-state index < -0.39 is 5.92 Å². The maximum atomic E-state index is 13.1. The molecule has 1 atom stereocenters. The van der Waals surface area contributed by atoms with Gasteiger partial charge in [-0.3, -0.25) is 4.79 Å². The average Bonchev–Trinajstić information content (AvgIpc) is 3.19. The first-order valence-electron chi connectivity index (χ1n) is 8.84. The van der Waals surface area contributed by atoms with Gasteiger partial charge >= 0.3 is 0 Å². The number of aromatic amines is 1. The summed E-state index contributed by atoms with van der Waals surface area (Å²) in [6.45, 7) is 3.97. The van der Waals surface area contributed by atoms with E-state index in [4.69, 9.17) is 9.47 Å². The van der Waals surface area contributed by atoms with Gasteiger partial charge in [-0.25, -0.2) is 0 Å². The number of hydrogen-bond acceptors (Lipinski definition) is 6. The van der Waals surface area contributed by atoms with Crippen LogP contribution in [0.3, 0.4) is 0 Å². The molecule has 0 aliphatic carbocycles. The molecular formula is C20H23N5O3. The molecule has 0 aliphatic heterocycles. The Balaban J connectivity index is 1.91. The number of H-pyrrole nitrogens is 1. The number of tetrazole rings is 1. The molecule has 0 fully saturated rings. The van der Waals surface area contributed by atoms with Crippen LogP contribution in [0.2, 0.25) is 0 Å². The van der Waals surface area contributed by atoms with Crippen LogP contribution < -0.4 is 14.8 Å². The van der Waals surface area contributed by atoms with Gasteiger partial charge in [-0.2, -0.15) is 5.21 Å². The highest BCUT2D eigenvalue weighted by Gasteiger charge is 2.27. The van der Waals surface area contributed by atoms with Gasteiger partial charge in [0.1, 0.15) is 5.92 Å². The molecule has 2 N–H and O–H groups in total. The Labute approximate surface area is 163 Å². The van der Waals surface area contributed by atoms with Gasteiger partial charge in [0.2, 0.25) is 5.91 Å². The summed E-state index contributed by atoms with van der Waals surface area (Å²) in [5, 5.41) is 17.0. The van der Waals surface area contributed by atoms with E-state index in [1.54, 1.807) is 20.3 Å². The Hall–Kier alpha value is -3.42. The first kappa shape index (κ1) is 19.3. The fourth-order valence-corrected chi connectivity index (χ4v) is 3.23. The van der Waals surface area contributed by atoms with Crippen molar-refractivity contribution < 1.29 is 14.3 Å². The maximum absolute atomic E-state index is 13.1. The minimum Gasteiger partial charge on any atom is -0.493 e. The third kappa shape index (κ3) is 4.28. The zero-order valence-corrected chi connectivity index (χ0v) is 16.3. The fourth-order valence-electron chi connectivity index (χ4n) is 3.23. The molecule has 28 heavy (non-hydrogen) atoms. The number of carbonyl (C=O) groups excluding carboxylic acids is 1. The summed E-state index contributed by atoms with van der Waals surface area (Å²) in [6, 6.07) is 11.4. The van der Waals surface area contributed by atoms with E-state index in [0.717, 1.165) is 22.4 Å². The van der Waals surface area contributed by atoms with Crippen molar-refractivity contribution in [3.63, 3.8) is 0 Å². The van der Waals surface area contributed by atoms with E-state index in [2.05, 4.69) is 25.9 Å². The monoisotopic (exact) mass is 381 g/mol. The Kier molecular flexibility index (Phi) is 5.88. The third-order valence-electron chi connectivity index (χ3n) is 4.39. The van der Waals surface area contributed by atoms with Crippen LogP contribution in [0.4, 0.5) is 5.69 Å². The molecule has 2 aromatic carbocycles. The minimum atomic E-state index is -0.652. The lowest BCUT2D eigenvalue weighted by atomic mass is 9.96. The smallest absolute Gasteiger partial charge is 0.235 e. The summed E-state index contributed by atoms with van der Waals surface area (Å²) < 4.78 is 10.9. The van der Waals surface area contributed by atoms with Crippen molar-refractivity contribution in [1.29, 1.82) is 0 Å². The zero-order chi connectivity index (χ0) is 20.1. The van der Waals surface area contributed by atoms with Crippen LogP contribution in [0.15, 0.2) is 36.4 Å². The maximum Gasteiger partial charge on any atom is 0.235 e. The SMILES string of the molecule is COc1cccc(C[C@@H](C(=O)Nc2cc(C)cc(C)c2)c2nn[nH]n2)c1OC. The highest BCUT2D eigenvalue weighted by Crippen LogP contribution is 2.34. The predicted octanol–water partition coefficient (Wildman–Crippen LogP) is 2.80. The summed E-state index contributed by atoms with van der Waals surface area (Å²) in [5.41, 5.74) is 3.68. The van der Waals surface area contributed by atoms with Gasteiger partial charge in [0, 0.05) is 5.69 Å². The van der Waals surface area contributed by atoms with Crippen molar-refractivity contribution in [2.75, 3.05) is 19.5 Å². The fraction of sp³-hybridized carbons (Fsp3) is 0.300. The molecule has 3 aromatic rings. The molecule has 8 heteroatoms. The summed E-state index contributed by atoms with van der Waals surface area (Å²) in [4.78, 5) is 13.1. The standard InChI is InChI=1S/C20H23N5O3/c1-12-8-13(2)10-15(9-12)21-20(26)16(19-22-24-25-23-19)11-14-6-5-7-17(27-3)18(14)28-4/h5-10,16H,11H2,1-4H3,(H,21,26)(H,22,23,24,25)/t16-/m1/s1. The van der Waals surface area contributed by atoms with E-state index in [1.807, 2.05) is 44.2 Å². The Morgan fingerprint density at radius 2 is 1.89 bits per heavy atom. The number of anilines is 1. The highest BCUT2D eigenvalue weighted by molar-refractivity contribution is 5.95. The second-order valence-corrected chi connectivity index (χ2v) is 6.54. The molecule has 0 bridgehead atoms. The van der Waals surface area contributed by atoms with Gasteiger partial charge in [0.15, 0.2) is 17.3 Å². The number of amides is 1. The lowest BCUT2D eigenvalue weighted by Crippen LogP contribution is -2.24. The van der Waals surface area contributed by atoms with E-state index in [0.29, 0.717) is 23.7 Å². The quantitative estimate of drug-likeness (QED) is 0.652. The first-order valence-corrected chi connectivity index (χ1v) is 8.84. The van der Waals surface area contributed by atoms with Crippen LogP contribution in [0.25, 0.3) is 0 Å². The lowest BCUT2D eigenvalue weighted by molar-refractivity contribution is -0.117. The van der Waals surface area contributed by atoms with Crippen LogP contribution >= 0.6 is 0 Å². The third-order valence-corrected chi connectivity index (χ3v) is 4.39. The number of rotatable bonds is 7. The van der Waals surface area contributed by atoms with Crippen molar-refractivity contribution in [3.05, 3.63) is 58.9 Å². The molecule has 1 amide bonds. The predicted molar refractivity (Wildman–Crippen MR) is 105 cm³/mol. The van der Waals surface area contributed by atoms with Crippen molar-refractivity contribution in [1.82, 2.24) is 20.6 Å². The van der Waals surface area contributed by atoms with Gasteiger partial charge in [-0.1, -0.05) is 23.4 Å². The van der Waals surface area contributed by atoms with Crippen molar-refractivity contribution >= 4 is 11.6 Å². The van der Waals surface area contributed by atoms with Crippen LogP contribution in [-0.4, -0.2) is 40.8 Å². The molecule has 0 saturated heterocycles. The van der Waals surface area contributed by atoms with Crippen molar-refractivity contribution in [3.8, 4) is 11.5 Å². The molecule has 0 spiro atoms. The van der Waals surface area contributed by atoms with Crippen LogP contribution in [0.1, 0.15) is 28.4 Å². The van der Waals surface area contributed by atoms with E-state index in [-0.39, 0.29) is 5.91 Å². The molecule has 0 radical (unpaired) electrons. The Bertz CT molecular complexity index is 936. The zero-order valence-electron chi connectivity index (χ0n) is 16.3. The van der Waals surface area contributed by atoms with E-state index in [9.17, 15) is 4.79 Å². The summed E-state index contributed by atoms with van der Waals surface area (Å²) in [5.74, 6) is 0.614. The second-order valence-electron chi connectivity index (χ2n) is 6.54. The van der Waals surface area contributed by atoms with Crippen LogP contribution in [0, 0.1) is 13.8 Å². The molecular weight excluding hydrogens is 358 g/mol. The van der Waals surface area contributed by atoms with Crippen molar-refractivity contribution in [2.45, 2.75) is 26.2 Å². The lowest BCUT2D eigenvalue weighted by Gasteiger charge is -2.17. The summed E-state index contributed by atoms with van der Waals surface area (Å²) in [6.07, 6.45) is 0.330. The van der Waals surface area contributed by atoms with Gasteiger partial charge in [0.05, 0.1) is 14.2 Å². The van der Waals surface area contributed by atoms with E-state index in [1.165, 1.54) is 0 Å². The topological polar surface area (TPSA) is 102 Å². The first-order chi connectivity index (χ1) is 13.5. The van der Waals surface area contributed by atoms with Gasteiger partial charge in [-0.15, -0.1) is 10.2 Å². The van der Waals surface area contributed by atoms with Gasteiger partial charge < -0.3 is 14.8 Å². The molecule has 0 aliphatic rings. The Morgan fingerprint density at radius 3 is 2.50 bits per heavy atom. The normalized spacial score (nSPS) is 11.7.